The Kier molecular flexibility index (Phi) is 7.16. The molecule has 0 radical (unpaired) electrons. The van der Waals surface area contributed by atoms with Crippen molar-refractivity contribution >= 4 is 18.1 Å². The molecular formula is C30H39NO11. The molecule has 42 heavy (non-hydrogen) atoms. The molecule has 1 aromatic rings. The minimum absolute atomic E-state index is 0.00989. The van der Waals surface area contributed by atoms with Gasteiger partial charge in [-0.05, 0) is 85.7 Å². The van der Waals surface area contributed by atoms with Gasteiger partial charge >= 0.3 is 18.1 Å². The molecule has 1 spiro atoms. The summed E-state index contributed by atoms with van der Waals surface area (Å²) in [6.45, 7) is 10.5. The van der Waals surface area contributed by atoms with E-state index in [1.807, 2.05) is 13.1 Å². The van der Waals surface area contributed by atoms with Crippen molar-refractivity contribution < 1.29 is 53.4 Å². The molecule has 12 nitrogen and oxygen atoms in total. The maximum absolute atomic E-state index is 13.0. The number of carbonyl (C=O) groups is 3. The van der Waals surface area contributed by atoms with Crippen molar-refractivity contribution in [2.45, 2.75) is 107 Å². The summed E-state index contributed by atoms with van der Waals surface area (Å²) in [5.41, 5.74) is -2.56. The van der Waals surface area contributed by atoms with Gasteiger partial charge in [-0.15, -0.1) is 0 Å². The molecule has 1 saturated heterocycles. The van der Waals surface area contributed by atoms with Gasteiger partial charge in [-0.25, -0.2) is 14.4 Å². The van der Waals surface area contributed by atoms with E-state index in [0.717, 1.165) is 5.56 Å². The number of rotatable bonds is 5. The van der Waals surface area contributed by atoms with E-state index in [0.29, 0.717) is 24.9 Å². The number of hydrogen-bond donors (Lipinski definition) is 3. The van der Waals surface area contributed by atoms with Gasteiger partial charge in [0, 0.05) is 18.0 Å². The molecule has 12 heteroatoms. The van der Waals surface area contributed by atoms with E-state index >= 15 is 0 Å². The summed E-state index contributed by atoms with van der Waals surface area (Å²) in [6, 6.07) is 3.17. The molecular weight excluding hydrogens is 550 g/mol. The average molecular weight is 590 g/mol. The van der Waals surface area contributed by atoms with Crippen LogP contribution in [-0.2, 0) is 35.6 Å². The number of nitrogens with zero attached hydrogens (tertiary/aromatic N) is 1. The minimum Gasteiger partial charge on any atom is -0.477 e. The van der Waals surface area contributed by atoms with E-state index in [1.54, 1.807) is 47.6 Å². The van der Waals surface area contributed by atoms with Crippen molar-refractivity contribution in [1.82, 2.24) is 4.90 Å². The standard InChI is InChI=1S/C30H39NO11/c1-27(2,3)41-25(35)21(33)20(32)24(34)38-17-10-11-30(37)18-14-15-8-9-16(39-26(36)42-28(4,5)6)22-19(15)29(30,23(17)40-22)12-13-31(18)7/h8-10,18,20-21,23,32-33,37H,11-14H2,1-7H3/t18-,20+,21+,23-,29-,30+/m0/s1. The Bertz CT molecular complexity index is 1340. The van der Waals surface area contributed by atoms with Crippen LogP contribution in [0.1, 0.15) is 65.5 Å². The quantitative estimate of drug-likeness (QED) is 0.260. The number of esters is 2. The zero-order chi connectivity index (χ0) is 31.0. The Hall–Kier alpha value is -3.19. The van der Waals surface area contributed by atoms with Gasteiger partial charge in [0.2, 0.25) is 0 Å². The normalized spacial score (nSPS) is 29.3. The van der Waals surface area contributed by atoms with Gasteiger partial charge in [0.25, 0.3) is 0 Å². The lowest BCUT2D eigenvalue weighted by Crippen LogP contribution is -2.74. The number of hydrogen-bond acceptors (Lipinski definition) is 12. The van der Waals surface area contributed by atoms with Crippen LogP contribution in [0.4, 0.5) is 4.79 Å². The van der Waals surface area contributed by atoms with E-state index in [-0.39, 0.29) is 29.7 Å². The first-order chi connectivity index (χ1) is 19.4. The number of aliphatic hydroxyl groups excluding tert-OH is 2. The first-order valence-corrected chi connectivity index (χ1v) is 14.1. The van der Waals surface area contributed by atoms with Crippen LogP contribution in [0.25, 0.3) is 0 Å². The molecule has 230 valence electrons. The number of piperidine rings is 1. The Morgan fingerprint density at radius 3 is 2.29 bits per heavy atom. The summed E-state index contributed by atoms with van der Waals surface area (Å²) in [5, 5.41) is 33.1. The third-order valence-corrected chi connectivity index (χ3v) is 8.33. The van der Waals surface area contributed by atoms with Crippen molar-refractivity contribution in [3.63, 3.8) is 0 Å². The van der Waals surface area contributed by atoms with E-state index in [9.17, 15) is 29.7 Å². The Labute approximate surface area is 244 Å². The van der Waals surface area contributed by atoms with Gasteiger partial charge in [-0.2, -0.15) is 0 Å². The molecule has 2 heterocycles. The number of ether oxygens (including phenoxy) is 5. The number of likely N-dealkylation sites (tertiary alicyclic amines) is 1. The second-order valence-electron chi connectivity index (χ2n) is 13.5. The molecule has 1 fully saturated rings. The monoisotopic (exact) mass is 589 g/mol. The number of carbonyl (C=O) groups excluding carboxylic acids is 3. The van der Waals surface area contributed by atoms with Gasteiger partial charge in [-0.1, -0.05) is 6.07 Å². The van der Waals surface area contributed by atoms with Crippen LogP contribution in [0.5, 0.6) is 11.5 Å². The third-order valence-electron chi connectivity index (χ3n) is 8.33. The fourth-order valence-electron chi connectivity index (χ4n) is 6.66. The van der Waals surface area contributed by atoms with E-state index in [2.05, 4.69) is 4.90 Å². The Balaban J connectivity index is 1.49. The molecule has 1 aromatic carbocycles. The average Bonchev–Trinajstić information content (AvgIpc) is 3.22. The Morgan fingerprint density at radius 2 is 1.64 bits per heavy atom. The number of benzene rings is 1. The van der Waals surface area contributed by atoms with Crippen molar-refractivity contribution in [2.75, 3.05) is 13.6 Å². The summed E-state index contributed by atoms with van der Waals surface area (Å²) in [4.78, 5) is 40.0. The number of aliphatic hydroxyl groups is 3. The molecule has 4 aliphatic rings. The fourth-order valence-corrected chi connectivity index (χ4v) is 6.66. The molecule has 0 aromatic heterocycles. The van der Waals surface area contributed by atoms with Crippen molar-refractivity contribution in [3.8, 4) is 11.5 Å². The van der Waals surface area contributed by atoms with Gasteiger partial charge in [-0.3, -0.25) is 0 Å². The topological polar surface area (TPSA) is 161 Å². The molecule has 0 saturated carbocycles. The van der Waals surface area contributed by atoms with Crippen molar-refractivity contribution in [3.05, 3.63) is 35.1 Å². The first kappa shape index (κ1) is 30.3. The predicted molar refractivity (Wildman–Crippen MR) is 146 cm³/mol. The van der Waals surface area contributed by atoms with Crippen LogP contribution in [-0.4, -0.2) is 93.1 Å². The second kappa shape index (κ2) is 9.94. The van der Waals surface area contributed by atoms with Crippen LogP contribution >= 0.6 is 0 Å². The largest absolute Gasteiger partial charge is 0.514 e. The molecule has 0 amide bonds. The lowest BCUT2D eigenvalue weighted by molar-refractivity contribution is -0.183. The van der Waals surface area contributed by atoms with E-state index in [1.165, 1.54) is 6.08 Å². The molecule has 6 atom stereocenters. The highest BCUT2D eigenvalue weighted by Crippen LogP contribution is 2.65. The molecule has 3 N–H and O–H groups in total. The lowest BCUT2D eigenvalue weighted by atomic mass is 9.50. The summed E-state index contributed by atoms with van der Waals surface area (Å²) in [7, 11) is 1.94. The van der Waals surface area contributed by atoms with Gasteiger partial charge in [0.15, 0.2) is 29.8 Å². The van der Waals surface area contributed by atoms with Crippen molar-refractivity contribution in [2.24, 2.45) is 0 Å². The third kappa shape index (κ3) is 4.83. The number of likely N-dealkylation sites (N-methyl/N-ethyl adjacent to an activating group) is 1. The zero-order valence-corrected chi connectivity index (χ0v) is 24.9. The summed E-state index contributed by atoms with van der Waals surface area (Å²) in [5.74, 6) is -2.12. The second-order valence-corrected chi connectivity index (χ2v) is 13.5. The molecule has 2 aliphatic carbocycles. The summed E-state index contributed by atoms with van der Waals surface area (Å²) >= 11 is 0. The summed E-state index contributed by atoms with van der Waals surface area (Å²) in [6.07, 6.45) is -3.79. The lowest BCUT2D eigenvalue weighted by Gasteiger charge is -2.61. The van der Waals surface area contributed by atoms with Gasteiger partial charge in [0.05, 0.1) is 11.0 Å². The maximum atomic E-state index is 13.0. The van der Waals surface area contributed by atoms with E-state index < -0.39 is 58.6 Å². The van der Waals surface area contributed by atoms with Gasteiger partial charge < -0.3 is 43.9 Å². The van der Waals surface area contributed by atoms with Crippen LogP contribution < -0.4 is 9.47 Å². The first-order valence-electron chi connectivity index (χ1n) is 14.1. The highest BCUT2D eigenvalue weighted by molar-refractivity contribution is 5.86. The zero-order valence-electron chi connectivity index (χ0n) is 24.9. The smallest absolute Gasteiger partial charge is 0.477 e. The van der Waals surface area contributed by atoms with E-state index in [4.69, 9.17) is 23.7 Å². The SMILES string of the molecule is CN1CC[C@]23c4c5ccc(OC(=O)OC(C)(C)C)c4O[C@H]2C(OC(=O)[C@H](O)[C@@H](O)C(=O)OC(C)(C)C)=CC[C@@]3(O)[C@@H]1C5. The van der Waals surface area contributed by atoms with Crippen LogP contribution in [0.3, 0.4) is 0 Å². The molecule has 0 unspecified atom stereocenters. The maximum Gasteiger partial charge on any atom is 0.514 e. The Morgan fingerprint density at radius 1 is 1.00 bits per heavy atom. The molecule has 2 bridgehead atoms. The highest BCUT2D eigenvalue weighted by Gasteiger charge is 2.72. The van der Waals surface area contributed by atoms with Crippen LogP contribution in [0, 0.1) is 0 Å². The van der Waals surface area contributed by atoms with Gasteiger partial charge in [0.1, 0.15) is 17.0 Å². The fraction of sp³-hybridized carbons (Fsp3) is 0.633. The minimum atomic E-state index is -2.24. The van der Waals surface area contributed by atoms with Crippen LogP contribution in [0.15, 0.2) is 24.0 Å². The summed E-state index contributed by atoms with van der Waals surface area (Å²) < 4.78 is 28.0. The van der Waals surface area contributed by atoms with Crippen LogP contribution in [0.2, 0.25) is 0 Å². The van der Waals surface area contributed by atoms with Crippen molar-refractivity contribution in [1.29, 1.82) is 0 Å². The molecule has 2 aliphatic heterocycles. The highest BCUT2D eigenvalue weighted by atomic mass is 16.7. The predicted octanol–water partition coefficient (Wildman–Crippen LogP) is 1.88. The molecule has 5 rings (SSSR count).